The van der Waals surface area contributed by atoms with Crippen LogP contribution in [0.15, 0.2) is 48.2 Å². The van der Waals surface area contributed by atoms with E-state index in [0.717, 1.165) is 11.1 Å². The lowest BCUT2D eigenvalue weighted by Gasteiger charge is -2.00. The minimum atomic E-state index is 0.573. The van der Waals surface area contributed by atoms with Crippen LogP contribution in [0.3, 0.4) is 0 Å². The van der Waals surface area contributed by atoms with Crippen molar-refractivity contribution in [1.82, 2.24) is 0 Å². The second-order valence-corrected chi connectivity index (χ2v) is 2.35. The lowest BCUT2D eigenvalue weighted by Crippen LogP contribution is -1.91. The number of rotatable bonds is 3. The summed E-state index contributed by atoms with van der Waals surface area (Å²) in [6.45, 7) is 11.2. The maximum Gasteiger partial charge on any atom is 0.0243 e. The van der Waals surface area contributed by atoms with Gasteiger partial charge in [-0.25, -0.2) is 0 Å². The fraction of sp³-hybridized carbons (Fsp3) is 0.200. The Kier molecular flexibility index (Phi) is 4.04. The maximum absolute atomic E-state index is 5.41. The molecule has 11 heavy (non-hydrogen) atoms. The Morgan fingerprint density at radius 3 is 2.27 bits per heavy atom. The summed E-state index contributed by atoms with van der Waals surface area (Å²) in [6.07, 6.45) is 5.62. The zero-order chi connectivity index (χ0) is 8.85. The van der Waals surface area contributed by atoms with Crippen LogP contribution in [0.2, 0.25) is 0 Å². The number of hydrogen-bond donors (Lipinski definition) is 1. The highest BCUT2D eigenvalue weighted by molar-refractivity contribution is 5.39. The lowest BCUT2D eigenvalue weighted by molar-refractivity contribution is 1.35. The zero-order valence-electron chi connectivity index (χ0n) is 7.22. The molecule has 0 radical (unpaired) electrons. The fourth-order valence-corrected chi connectivity index (χ4v) is 0.868. The highest BCUT2D eigenvalue weighted by atomic mass is 14.5. The first-order valence-electron chi connectivity index (χ1n) is 3.53. The average Bonchev–Trinajstić information content (AvgIpc) is 1.88. The molecule has 60 valence electrons. The highest BCUT2D eigenvalue weighted by Gasteiger charge is 1.91. The molecular weight excluding hydrogens is 134 g/mol. The molecule has 0 aliphatic carbocycles. The van der Waals surface area contributed by atoms with Gasteiger partial charge in [-0.2, -0.15) is 0 Å². The van der Waals surface area contributed by atoms with Crippen LogP contribution in [-0.4, -0.2) is 0 Å². The molecule has 0 fully saturated rings. The molecule has 1 heteroatoms. The van der Waals surface area contributed by atoms with Gasteiger partial charge in [0.1, 0.15) is 0 Å². The summed E-state index contributed by atoms with van der Waals surface area (Å²) in [4.78, 5) is 0. The van der Waals surface area contributed by atoms with E-state index in [4.69, 9.17) is 5.73 Å². The largest absolute Gasteiger partial charge is 0.399 e. The molecule has 0 bridgehead atoms. The summed E-state index contributed by atoms with van der Waals surface area (Å²) in [5.41, 5.74) is 8.17. The Balaban J connectivity index is 4.58. The standard InChI is InChI=1S/C10H15N/c1-5-10(6-2)8(3)7-9(4)11/h5-7H,1,4,11H2,2-3H3/b8-7+,10-6+. The Hall–Kier alpha value is -1.24. The van der Waals surface area contributed by atoms with Gasteiger partial charge in [-0.15, -0.1) is 0 Å². The molecule has 0 saturated carbocycles. The first-order chi connectivity index (χ1) is 5.11. The maximum atomic E-state index is 5.41. The Bertz CT molecular complexity index is 219. The van der Waals surface area contributed by atoms with Gasteiger partial charge in [-0.05, 0) is 31.1 Å². The Morgan fingerprint density at radius 1 is 1.45 bits per heavy atom. The number of nitrogens with two attached hydrogens (primary N) is 1. The smallest absolute Gasteiger partial charge is 0.0243 e. The minimum Gasteiger partial charge on any atom is -0.399 e. The van der Waals surface area contributed by atoms with E-state index in [0.29, 0.717) is 5.70 Å². The predicted octanol–water partition coefficient (Wildman–Crippen LogP) is 2.54. The Labute approximate surface area is 68.6 Å². The lowest BCUT2D eigenvalue weighted by atomic mass is 10.1. The van der Waals surface area contributed by atoms with E-state index in [1.807, 2.05) is 26.0 Å². The van der Waals surface area contributed by atoms with Crippen molar-refractivity contribution in [2.45, 2.75) is 13.8 Å². The molecule has 0 aromatic rings. The van der Waals surface area contributed by atoms with Gasteiger partial charge in [-0.3, -0.25) is 0 Å². The van der Waals surface area contributed by atoms with Crippen LogP contribution in [0.5, 0.6) is 0 Å². The van der Waals surface area contributed by atoms with Crippen LogP contribution in [0, 0.1) is 0 Å². The van der Waals surface area contributed by atoms with E-state index in [9.17, 15) is 0 Å². The topological polar surface area (TPSA) is 26.0 Å². The molecule has 0 heterocycles. The molecule has 0 saturated heterocycles. The van der Waals surface area contributed by atoms with E-state index in [2.05, 4.69) is 13.2 Å². The summed E-state index contributed by atoms with van der Waals surface area (Å²) >= 11 is 0. The molecule has 0 aliphatic rings. The van der Waals surface area contributed by atoms with Crippen molar-refractivity contribution in [3.63, 3.8) is 0 Å². The number of hydrogen-bond acceptors (Lipinski definition) is 1. The minimum absolute atomic E-state index is 0.573. The van der Waals surface area contributed by atoms with E-state index < -0.39 is 0 Å². The molecule has 0 aromatic heterocycles. The monoisotopic (exact) mass is 149 g/mol. The van der Waals surface area contributed by atoms with E-state index >= 15 is 0 Å². The van der Waals surface area contributed by atoms with E-state index in [1.54, 1.807) is 6.08 Å². The summed E-state index contributed by atoms with van der Waals surface area (Å²) in [5.74, 6) is 0. The molecule has 0 aromatic carbocycles. The van der Waals surface area contributed by atoms with Gasteiger partial charge < -0.3 is 5.73 Å². The van der Waals surface area contributed by atoms with Crippen molar-refractivity contribution < 1.29 is 0 Å². The molecule has 0 unspecified atom stereocenters. The van der Waals surface area contributed by atoms with Crippen LogP contribution in [0.1, 0.15) is 13.8 Å². The van der Waals surface area contributed by atoms with E-state index in [1.165, 1.54) is 0 Å². The Morgan fingerprint density at radius 2 is 2.00 bits per heavy atom. The van der Waals surface area contributed by atoms with Crippen LogP contribution in [0.25, 0.3) is 0 Å². The average molecular weight is 149 g/mol. The van der Waals surface area contributed by atoms with Gasteiger partial charge in [0.05, 0.1) is 0 Å². The van der Waals surface area contributed by atoms with Crippen molar-refractivity contribution in [1.29, 1.82) is 0 Å². The normalized spacial score (nSPS) is 12.9. The van der Waals surface area contributed by atoms with Crippen molar-refractivity contribution in [3.8, 4) is 0 Å². The summed E-state index contributed by atoms with van der Waals surface area (Å²) in [5, 5.41) is 0. The first-order valence-corrected chi connectivity index (χ1v) is 3.53. The summed E-state index contributed by atoms with van der Waals surface area (Å²) < 4.78 is 0. The van der Waals surface area contributed by atoms with Crippen molar-refractivity contribution in [2.24, 2.45) is 5.73 Å². The van der Waals surface area contributed by atoms with Crippen LogP contribution in [-0.2, 0) is 0 Å². The molecule has 0 rings (SSSR count). The van der Waals surface area contributed by atoms with Crippen molar-refractivity contribution in [3.05, 3.63) is 48.2 Å². The quantitative estimate of drug-likeness (QED) is 0.613. The van der Waals surface area contributed by atoms with Gasteiger partial charge in [0.2, 0.25) is 0 Å². The van der Waals surface area contributed by atoms with Crippen LogP contribution in [0.4, 0.5) is 0 Å². The molecule has 2 N–H and O–H groups in total. The van der Waals surface area contributed by atoms with Gasteiger partial charge >= 0.3 is 0 Å². The molecule has 0 atom stereocenters. The van der Waals surface area contributed by atoms with Crippen molar-refractivity contribution in [2.75, 3.05) is 0 Å². The second-order valence-electron chi connectivity index (χ2n) is 2.35. The van der Waals surface area contributed by atoms with Crippen molar-refractivity contribution >= 4 is 0 Å². The molecular formula is C10H15N. The third-order valence-corrected chi connectivity index (χ3v) is 1.39. The van der Waals surface area contributed by atoms with Gasteiger partial charge in [-0.1, -0.05) is 25.3 Å². The summed E-state index contributed by atoms with van der Waals surface area (Å²) in [7, 11) is 0. The molecule has 0 spiro atoms. The highest BCUT2D eigenvalue weighted by Crippen LogP contribution is 2.10. The predicted molar refractivity (Wildman–Crippen MR) is 51.0 cm³/mol. The van der Waals surface area contributed by atoms with Gasteiger partial charge in [0.25, 0.3) is 0 Å². The fourth-order valence-electron chi connectivity index (χ4n) is 0.868. The van der Waals surface area contributed by atoms with Gasteiger partial charge in [0.15, 0.2) is 0 Å². The SMILES string of the molecule is C=CC(=C\C)/C(C)=C/C(=C)N. The number of allylic oxidation sites excluding steroid dienone is 5. The van der Waals surface area contributed by atoms with E-state index in [-0.39, 0.29) is 0 Å². The zero-order valence-corrected chi connectivity index (χ0v) is 7.22. The van der Waals surface area contributed by atoms with Crippen LogP contribution < -0.4 is 5.73 Å². The summed E-state index contributed by atoms with van der Waals surface area (Å²) in [6, 6.07) is 0. The third-order valence-electron chi connectivity index (χ3n) is 1.39. The van der Waals surface area contributed by atoms with Crippen LogP contribution >= 0.6 is 0 Å². The van der Waals surface area contributed by atoms with Gasteiger partial charge in [0, 0.05) is 5.70 Å². The molecule has 0 aliphatic heterocycles. The third kappa shape index (κ3) is 3.46. The molecule has 0 amide bonds. The molecule has 1 nitrogen and oxygen atoms in total. The first kappa shape index (κ1) is 9.76. The second kappa shape index (κ2) is 4.56.